The summed E-state index contributed by atoms with van der Waals surface area (Å²) in [6, 6.07) is 0.279. The minimum atomic E-state index is 0.279. The van der Waals surface area contributed by atoms with E-state index in [1.165, 1.54) is 0 Å². The van der Waals surface area contributed by atoms with Crippen LogP contribution in [0, 0.1) is 5.92 Å². The first-order valence-corrected chi connectivity index (χ1v) is 7.66. The Morgan fingerprint density at radius 1 is 1.58 bits per heavy atom. The van der Waals surface area contributed by atoms with Gasteiger partial charge in [-0.3, -0.25) is 4.68 Å². The van der Waals surface area contributed by atoms with Crippen LogP contribution in [0.1, 0.15) is 44.8 Å². The van der Waals surface area contributed by atoms with Crippen LogP contribution in [-0.2, 0) is 11.3 Å². The Balaban J connectivity index is 2.12. The number of aromatic nitrogens is 2. The number of nitrogens with one attached hydrogen (secondary N) is 1. The molecule has 1 aromatic heterocycles. The highest BCUT2D eigenvalue weighted by Gasteiger charge is 2.25. The Labute approximate surface area is 120 Å². The van der Waals surface area contributed by atoms with Crippen molar-refractivity contribution in [2.45, 2.75) is 45.7 Å². The largest absolute Gasteiger partial charge is 0.381 e. The van der Waals surface area contributed by atoms with Crippen LogP contribution in [0.25, 0.3) is 0 Å². The maximum atomic E-state index is 6.33. The lowest BCUT2D eigenvalue weighted by molar-refractivity contribution is 0.181. The van der Waals surface area contributed by atoms with Gasteiger partial charge in [-0.15, -0.1) is 0 Å². The Kier molecular flexibility index (Phi) is 5.67. The van der Waals surface area contributed by atoms with Gasteiger partial charge in [-0.2, -0.15) is 5.10 Å². The van der Waals surface area contributed by atoms with Gasteiger partial charge in [0, 0.05) is 19.8 Å². The number of ether oxygens (including phenoxy) is 1. The van der Waals surface area contributed by atoms with Crippen molar-refractivity contribution in [2.75, 3.05) is 19.8 Å². The highest BCUT2D eigenvalue weighted by Crippen LogP contribution is 2.30. The first kappa shape index (κ1) is 14.8. The molecule has 1 aromatic rings. The molecule has 2 heterocycles. The second-order valence-electron chi connectivity index (χ2n) is 5.17. The summed E-state index contributed by atoms with van der Waals surface area (Å²) in [5.41, 5.74) is 1.13. The van der Waals surface area contributed by atoms with Crippen LogP contribution in [0.15, 0.2) is 6.20 Å². The Morgan fingerprint density at radius 3 is 3.05 bits per heavy atom. The molecule has 108 valence electrons. The Bertz CT molecular complexity index is 388. The predicted molar refractivity (Wildman–Crippen MR) is 77.5 cm³/mol. The van der Waals surface area contributed by atoms with Gasteiger partial charge in [0.2, 0.25) is 0 Å². The van der Waals surface area contributed by atoms with Crippen molar-refractivity contribution in [2.24, 2.45) is 5.92 Å². The molecule has 1 fully saturated rings. The number of halogens is 1. The van der Waals surface area contributed by atoms with Crippen molar-refractivity contribution in [3.8, 4) is 0 Å². The van der Waals surface area contributed by atoms with Gasteiger partial charge >= 0.3 is 0 Å². The molecule has 0 radical (unpaired) electrons. The van der Waals surface area contributed by atoms with Crippen LogP contribution in [0.3, 0.4) is 0 Å². The molecule has 2 rings (SSSR count). The van der Waals surface area contributed by atoms with Crippen LogP contribution in [-0.4, -0.2) is 29.5 Å². The van der Waals surface area contributed by atoms with E-state index in [1.54, 1.807) is 6.20 Å². The average Bonchev–Trinajstić information content (AvgIpc) is 3.04. The summed E-state index contributed by atoms with van der Waals surface area (Å²) in [5, 5.41) is 8.74. The Hall–Kier alpha value is -0.580. The smallest absolute Gasteiger partial charge is 0.0834 e. The zero-order valence-electron chi connectivity index (χ0n) is 11.9. The summed E-state index contributed by atoms with van der Waals surface area (Å²) in [7, 11) is 0. The fourth-order valence-electron chi connectivity index (χ4n) is 2.68. The number of rotatable bonds is 7. The number of hydrogen-bond donors (Lipinski definition) is 1. The molecule has 0 aromatic carbocycles. The molecule has 0 spiro atoms. The van der Waals surface area contributed by atoms with Crippen LogP contribution in [0.2, 0.25) is 5.02 Å². The standard InChI is InChI=1S/C14H24ClN3O/c1-3-6-16-13(8-11-5-7-19-10-11)14-12(15)9-17-18(14)4-2/h9,11,13,16H,3-8,10H2,1-2H3. The van der Waals surface area contributed by atoms with Crippen molar-refractivity contribution >= 4 is 11.6 Å². The highest BCUT2D eigenvalue weighted by molar-refractivity contribution is 6.31. The third kappa shape index (κ3) is 3.71. The van der Waals surface area contributed by atoms with Crippen LogP contribution in [0.5, 0.6) is 0 Å². The maximum Gasteiger partial charge on any atom is 0.0834 e. The summed E-state index contributed by atoms with van der Waals surface area (Å²) in [6.45, 7) is 7.91. The molecule has 2 unspecified atom stereocenters. The summed E-state index contributed by atoms with van der Waals surface area (Å²) in [4.78, 5) is 0. The van der Waals surface area contributed by atoms with E-state index in [4.69, 9.17) is 16.3 Å². The molecule has 1 saturated heterocycles. The first-order valence-electron chi connectivity index (χ1n) is 7.28. The quantitative estimate of drug-likeness (QED) is 0.837. The van der Waals surface area contributed by atoms with Crippen molar-refractivity contribution in [1.82, 2.24) is 15.1 Å². The van der Waals surface area contributed by atoms with Crippen molar-refractivity contribution < 1.29 is 4.74 Å². The lowest BCUT2D eigenvalue weighted by Crippen LogP contribution is -2.27. The second kappa shape index (κ2) is 7.27. The molecule has 0 aliphatic carbocycles. The topological polar surface area (TPSA) is 39.1 Å². The summed E-state index contributed by atoms with van der Waals surface area (Å²) >= 11 is 6.33. The number of nitrogens with zero attached hydrogens (tertiary/aromatic N) is 2. The van der Waals surface area contributed by atoms with E-state index in [0.717, 1.165) is 56.3 Å². The molecule has 5 heteroatoms. The van der Waals surface area contributed by atoms with Gasteiger partial charge in [-0.05, 0) is 38.6 Å². The summed E-state index contributed by atoms with van der Waals surface area (Å²) in [5.74, 6) is 0.630. The fourth-order valence-corrected chi connectivity index (χ4v) is 2.96. The normalized spacial score (nSPS) is 20.9. The van der Waals surface area contributed by atoms with Gasteiger partial charge < -0.3 is 10.1 Å². The van der Waals surface area contributed by atoms with Crippen LogP contribution >= 0.6 is 11.6 Å². The minimum absolute atomic E-state index is 0.279. The molecule has 1 N–H and O–H groups in total. The van der Waals surface area contributed by atoms with Crippen molar-refractivity contribution in [1.29, 1.82) is 0 Å². The van der Waals surface area contributed by atoms with Gasteiger partial charge in [0.25, 0.3) is 0 Å². The molecule has 1 aliphatic heterocycles. The molecule has 0 bridgehead atoms. The van der Waals surface area contributed by atoms with Crippen LogP contribution < -0.4 is 5.32 Å². The molecule has 19 heavy (non-hydrogen) atoms. The molecule has 4 nitrogen and oxygen atoms in total. The van der Waals surface area contributed by atoms with Crippen molar-refractivity contribution in [3.63, 3.8) is 0 Å². The lowest BCUT2D eigenvalue weighted by Gasteiger charge is -2.22. The van der Waals surface area contributed by atoms with E-state index < -0.39 is 0 Å². The maximum absolute atomic E-state index is 6.33. The van der Waals surface area contributed by atoms with E-state index in [0.29, 0.717) is 5.92 Å². The summed E-state index contributed by atoms with van der Waals surface area (Å²) < 4.78 is 7.49. The van der Waals surface area contributed by atoms with Gasteiger partial charge in [0.1, 0.15) is 0 Å². The van der Waals surface area contributed by atoms with Crippen LogP contribution in [0.4, 0.5) is 0 Å². The first-order chi connectivity index (χ1) is 9.26. The number of aryl methyl sites for hydroxylation is 1. The molecule has 0 saturated carbocycles. The second-order valence-corrected chi connectivity index (χ2v) is 5.57. The average molecular weight is 286 g/mol. The zero-order chi connectivity index (χ0) is 13.7. The minimum Gasteiger partial charge on any atom is -0.381 e. The Morgan fingerprint density at radius 2 is 2.42 bits per heavy atom. The summed E-state index contributed by atoms with van der Waals surface area (Å²) in [6.07, 6.45) is 5.11. The fraction of sp³-hybridized carbons (Fsp3) is 0.786. The van der Waals surface area contributed by atoms with E-state index in [1.807, 2.05) is 4.68 Å². The number of hydrogen-bond acceptors (Lipinski definition) is 3. The molecular formula is C14H24ClN3O. The van der Waals surface area contributed by atoms with E-state index in [2.05, 4.69) is 24.3 Å². The molecule has 0 amide bonds. The van der Waals surface area contributed by atoms with Gasteiger partial charge in [-0.1, -0.05) is 18.5 Å². The highest BCUT2D eigenvalue weighted by atomic mass is 35.5. The van der Waals surface area contributed by atoms with Gasteiger partial charge in [0.05, 0.1) is 23.0 Å². The van der Waals surface area contributed by atoms with E-state index in [-0.39, 0.29) is 6.04 Å². The zero-order valence-corrected chi connectivity index (χ0v) is 12.6. The molecule has 1 aliphatic rings. The van der Waals surface area contributed by atoms with E-state index >= 15 is 0 Å². The lowest BCUT2D eigenvalue weighted by atomic mass is 9.97. The monoisotopic (exact) mass is 285 g/mol. The van der Waals surface area contributed by atoms with Gasteiger partial charge in [0.15, 0.2) is 0 Å². The third-order valence-electron chi connectivity index (χ3n) is 3.70. The van der Waals surface area contributed by atoms with Gasteiger partial charge in [-0.25, -0.2) is 0 Å². The van der Waals surface area contributed by atoms with E-state index in [9.17, 15) is 0 Å². The molecule has 2 atom stereocenters. The van der Waals surface area contributed by atoms with Crippen molar-refractivity contribution in [3.05, 3.63) is 16.9 Å². The molecular weight excluding hydrogens is 262 g/mol. The SMILES string of the molecule is CCCNC(CC1CCOC1)c1c(Cl)cnn1CC. The third-order valence-corrected chi connectivity index (χ3v) is 3.99. The predicted octanol–water partition coefficient (Wildman–Crippen LogP) is 3.02.